The maximum absolute atomic E-state index is 4.53. The van der Waals surface area contributed by atoms with Crippen LogP contribution in [0.5, 0.6) is 0 Å². The molecule has 0 radical (unpaired) electrons. The Labute approximate surface area is 99.1 Å². The summed E-state index contributed by atoms with van der Waals surface area (Å²) in [5.41, 5.74) is 4.20. The summed E-state index contributed by atoms with van der Waals surface area (Å²) in [4.78, 5) is 7.83. The van der Waals surface area contributed by atoms with E-state index in [4.69, 9.17) is 0 Å². The van der Waals surface area contributed by atoms with Crippen molar-refractivity contribution in [2.75, 3.05) is 0 Å². The lowest BCUT2D eigenvalue weighted by Gasteiger charge is -1.95. The van der Waals surface area contributed by atoms with Gasteiger partial charge >= 0.3 is 0 Å². The highest BCUT2D eigenvalue weighted by atomic mass is 15.1. The lowest BCUT2D eigenvalue weighted by Crippen LogP contribution is -1.85. The number of H-pyrrole nitrogens is 1. The summed E-state index contributed by atoms with van der Waals surface area (Å²) in [6.45, 7) is 5.81. The standard InChI is InChI=1S/C14H13N3/c1-3-7-12-10(4-2)15-14-16-11-8-5-6-9-13(11)17(12)14/h3-9H,2H2,1H3,(H,15,16)/b7-3-. The third-order valence-corrected chi connectivity index (χ3v) is 2.85. The lowest BCUT2D eigenvalue weighted by atomic mass is 10.2. The molecular formula is C14H13N3. The smallest absolute Gasteiger partial charge is 0.213 e. The minimum Gasteiger partial charge on any atom is -0.323 e. The van der Waals surface area contributed by atoms with Gasteiger partial charge in [-0.15, -0.1) is 0 Å². The van der Waals surface area contributed by atoms with Gasteiger partial charge in [0.05, 0.1) is 22.4 Å². The fraction of sp³-hybridized carbons (Fsp3) is 0.0714. The van der Waals surface area contributed by atoms with Crippen LogP contribution in [0.4, 0.5) is 0 Å². The molecule has 0 aliphatic rings. The van der Waals surface area contributed by atoms with Gasteiger partial charge in [0.15, 0.2) is 0 Å². The molecule has 0 saturated carbocycles. The van der Waals surface area contributed by atoms with Crippen molar-refractivity contribution in [2.24, 2.45) is 0 Å². The Bertz CT molecular complexity index is 728. The van der Waals surface area contributed by atoms with Crippen molar-refractivity contribution >= 4 is 29.0 Å². The summed E-state index contributed by atoms with van der Waals surface area (Å²) in [7, 11) is 0. The number of hydrogen-bond donors (Lipinski definition) is 1. The molecule has 84 valence electrons. The van der Waals surface area contributed by atoms with Crippen LogP contribution in [-0.4, -0.2) is 14.4 Å². The fourth-order valence-corrected chi connectivity index (χ4v) is 2.14. The van der Waals surface area contributed by atoms with Crippen molar-refractivity contribution in [3.8, 4) is 0 Å². The Balaban J connectivity index is 2.50. The van der Waals surface area contributed by atoms with E-state index in [1.807, 2.05) is 25.1 Å². The second kappa shape index (κ2) is 3.63. The van der Waals surface area contributed by atoms with E-state index in [0.29, 0.717) is 0 Å². The van der Waals surface area contributed by atoms with Crippen LogP contribution < -0.4 is 0 Å². The van der Waals surface area contributed by atoms with Crippen LogP contribution in [-0.2, 0) is 0 Å². The van der Waals surface area contributed by atoms with E-state index in [1.54, 1.807) is 6.08 Å². The van der Waals surface area contributed by atoms with Gasteiger partial charge in [-0.3, -0.25) is 4.40 Å². The number of imidazole rings is 2. The van der Waals surface area contributed by atoms with Gasteiger partial charge < -0.3 is 4.98 Å². The number of nitrogens with one attached hydrogen (secondary N) is 1. The average molecular weight is 223 g/mol. The Morgan fingerprint density at radius 1 is 1.35 bits per heavy atom. The number of hydrogen-bond acceptors (Lipinski definition) is 1. The zero-order valence-electron chi connectivity index (χ0n) is 9.64. The van der Waals surface area contributed by atoms with E-state index >= 15 is 0 Å². The zero-order chi connectivity index (χ0) is 11.8. The van der Waals surface area contributed by atoms with Crippen molar-refractivity contribution in [1.29, 1.82) is 0 Å². The molecule has 3 nitrogen and oxygen atoms in total. The Morgan fingerprint density at radius 3 is 2.94 bits per heavy atom. The predicted octanol–water partition coefficient (Wildman–Crippen LogP) is 3.49. The maximum atomic E-state index is 4.53. The first-order valence-electron chi connectivity index (χ1n) is 5.59. The molecule has 1 aromatic carbocycles. The summed E-state index contributed by atoms with van der Waals surface area (Å²) >= 11 is 0. The van der Waals surface area contributed by atoms with E-state index in [-0.39, 0.29) is 0 Å². The highest BCUT2D eigenvalue weighted by Crippen LogP contribution is 2.22. The van der Waals surface area contributed by atoms with E-state index in [9.17, 15) is 0 Å². The van der Waals surface area contributed by atoms with Crippen LogP contribution in [0, 0.1) is 0 Å². The molecule has 0 unspecified atom stereocenters. The normalized spacial score (nSPS) is 11.8. The maximum Gasteiger partial charge on any atom is 0.213 e. The molecule has 0 aliphatic carbocycles. The number of para-hydroxylation sites is 2. The third-order valence-electron chi connectivity index (χ3n) is 2.85. The minimum atomic E-state index is 0.856. The van der Waals surface area contributed by atoms with E-state index < -0.39 is 0 Å². The zero-order valence-corrected chi connectivity index (χ0v) is 9.64. The Morgan fingerprint density at radius 2 is 2.18 bits per heavy atom. The topological polar surface area (TPSA) is 33.1 Å². The molecule has 0 atom stereocenters. The predicted molar refractivity (Wildman–Crippen MR) is 71.8 cm³/mol. The highest BCUT2D eigenvalue weighted by Gasteiger charge is 2.11. The summed E-state index contributed by atoms with van der Waals surface area (Å²) in [6.07, 6.45) is 5.85. The number of aromatic nitrogens is 3. The lowest BCUT2D eigenvalue weighted by molar-refractivity contribution is 1.23. The second-order valence-corrected chi connectivity index (χ2v) is 3.89. The van der Waals surface area contributed by atoms with Crippen molar-refractivity contribution in [3.05, 3.63) is 48.3 Å². The van der Waals surface area contributed by atoms with Gasteiger partial charge in [0.1, 0.15) is 0 Å². The molecule has 1 N–H and O–H groups in total. The number of allylic oxidation sites excluding steroid dienone is 1. The molecule has 2 aromatic heterocycles. The summed E-state index contributed by atoms with van der Waals surface area (Å²) in [6, 6.07) is 8.18. The summed E-state index contributed by atoms with van der Waals surface area (Å²) in [5, 5.41) is 0. The van der Waals surface area contributed by atoms with Crippen molar-refractivity contribution in [2.45, 2.75) is 6.92 Å². The number of nitrogens with zero attached hydrogens (tertiary/aromatic N) is 2. The SMILES string of the molecule is C=Cc1nc2[nH]c3ccccc3n2c1/C=C\C. The molecule has 0 amide bonds. The minimum absolute atomic E-state index is 0.856. The molecule has 0 bridgehead atoms. The largest absolute Gasteiger partial charge is 0.323 e. The Kier molecular flexibility index (Phi) is 2.11. The van der Waals surface area contributed by atoms with Gasteiger partial charge in [-0.05, 0) is 31.2 Å². The van der Waals surface area contributed by atoms with Gasteiger partial charge in [0.25, 0.3) is 0 Å². The average Bonchev–Trinajstić information content (AvgIpc) is 2.86. The van der Waals surface area contributed by atoms with Gasteiger partial charge in [0.2, 0.25) is 5.78 Å². The van der Waals surface area contributed by atoms with Gasteiger partial charge in [-0.25, -0.2) is 4.98 Å². The second-order valence-electron chi connectivity index (χ2n) is 3.89. The summed E-state index contributed by atoms with van der Waals surface area (Å²) in [5.74, 6) is 0.856. The van der Waals surface area contributed by atoms with Gasteiger partial charge in [-0.2, -0.15) is 0 Å². The molecule has 3 heteroatoms. The summed E-state index contributed by atoms with van der Waals surface area (Å²) < 4.78 is 2.12. The number of rotatable bonds is 2. The highest BCUT2D eigenvalue weighted by molar-refractivity contribution is 5.82. The molecule has 17 heavy (non-hydrogen) atoms. The van der Waals surface area contributed by atoms with Crippen LogP contribution in [0.3, 0.4) is 0 Å². The third kappa shape index (κ3) is 1.32. The molecule has 3 rings (SSSR count). The van der Waals surface area contributed by atoms with Crippen LogP contribution >= 0.6 is 0 Å². The van der Waals surface area contributed by atoms with Crippen molar-refractivity contribution in [3.63, 3.8) is 0 Å². The molecule has 3 aromatic rings. The molecular weight excluding hydrogens is 210 g/mol. The quantitative estimate of drug-likeness (QED) is 0.708. The molecule has 0 aliphatic heterocycles. The first-order chi connectivity index (χ1) is 8.35. The number of benzene rings is 1. The van der Waals surface area contributed by atoms with Crippen molar-refractivity contribution < 1.29 is 0 Å². The number of aromatic amines is 1. The fourth-order valence-electron chi connectivity index (χ4n) is 2.14. The number of fused-ring (bicyclic) bond motifs is 3. The van der Waals surface area contributed by atoms with Crippen LogP contribution in [0.1, 0.15) is 18.3 Å². The monoisotopic (exact) mass is 223 g/mol. The van der Waals surface area contributed by atoms with Crippen molar-refractivity contribution in [1.82, 2.24) is 14.4 Å². The van der Waals surface area contributed by atoms with E-state index in [2.05, 4.69) is 39.2 Å². The first-order valence-corrected chi connectivity index (χ1v) is 5.59. The van der Waals surface area contributed by atoms with Crippen LogP contribution in [0.15, 0.2) is 36.9 Å². The van der Waals surface area contributed by atoms with E-state index in [1.165, 1.54) is 0 Å². The Hall–Kier alpha value is -2.29. The van der Waals surface area contributed by atoms with Gasteiger partial charge in [0, 0.05) is 0 Å². The van der Waals surface area contributed by atoms with Crippen LogP contribution in [0.2, 0.25) is 0 Å². The molecule has 2 heterocycles. The molecule has 0 saturated heterocycles. The van der Waals surface area contributed by atoms with Gasteiger partial charge in [-0.1, -0.05) is 24.8 Å². The van der Waals surface area contributed by atoms with Crippen LogP contribution in [0.25, 0.3) is 29.0 Å². The first kappa shape index (κ1) is 9.90. The molecule has 0 spiro atoms. The molecule has 0 fully saturated rings. The van der Waals surface area contributed by atoms with E-state index in [0.717, 1.165) is 28.2 Å².